The van der Waals surface area contributed by atoms with Gasteiger partial charge in [0.25, 0.3) is 0 Å². The lowest BCUT2D eigenvalue weighted by Crippen LogP contribution is -2.47. The topological polar surface area (TPSA) is 93.1 Å². The highest BCUT2D eigenvalue weighted by Gasteiger charge is 2.68. The van der Waals surface area contributed by atoms with Gasteiger partial charge in [0, 0.05) is 12.5 Å². The van der Waals surface area contributed by atoms with Crippen molar-refractivity contribution in [2.45, 2.75) is 32.4 Å². The molecule has 1 aliphatic carbocycles. The maximum Gasteiger partial charge on any atom is 0.411 e. The number of carboxylic acid groups (broad SMARTS) is 1. The molecule has 1 N–H and O–H groups in total. The normalized spacial score (nSPS) is 31.5. The number of aliphatic carboxylic acids is 1. The monoisotopic (exact) mass is 285 g/mol. The summed E-state index contributed by atoms with van der Waals surface area (Å²) in [5, 5.41) is 9.30. The number of carboxylic acids is 1. The number of ether oxygens (including phenoxy) is 2. The molecule has 0 bridgehead atoms. The smallest absolute Gasteiger partial charge is 0.411 e. The Morgan fingerprint density at radius 3 is 2.30 bits per heavy atom. The summed E-state index contributed by atoms with van der Waals surface area (Å²) < 4.78 is 9.85. The molecule has 4 atom stereocenters. The van der Waals surface area contributed by atoms with Gasteiger partial charge in [-0.1, -0.05) is 0 Å². The predicted molar refractivity (Wildman–Crippen MR) is 66.8 cm³/mol. The Morgan fingerprint density at radius 1 is 1.25 bits per heavy atom. The quantitative estimate of drug-likeness (QED) is 0.752. The molecule has 1 saturated carbocycles. The standard InChI is InChI=1S/C13H19NO6/c1-13(2,3)20-12(18)14-5-6-7(9(14)10(15)16)8(6)11(17)19-4/h6-9H,5H2,1-4H3,(H,15,16)/t6-,7+,8+,9-/m0/s1. The summed E-state index contributed by atoms with van der Waals surface area (Å²) in [6, 6.07) is -1.01. The largest absolute Gasteiger partial charge is 0.480 e. The van der Waals surface area contributed by atoms with E-state index < -0.39 is 35.6 Å². The number of piperidine rings is 1. The molecule has 1 heterocycles. The van der Waals surface area contributed by atoms with Crippen LogP contribution < -0.4 is 0 Å². The Kier molecular flexibility index (Phi) is 3.39. The van der Waals surface area contributed by atoms with Crippen molar-refractivity contribution in [2.24, 2.45) is 17.8 Å². The fourth-order valence-electron chi connectivity index (χ4n) is 2.89. The van der Waals surface area contributed by atoms with Gasteiger partial charge in [-0.15, -0.1) is 0 Å². The first-order chi connectivity index (χ1) is 9.17. The molecule has 0 aromatic rings. The lowest BCUT2D eigenvalue weighted by molar-refractivity contribution is -0.146. The second kappa shape index (κ2) is 4.64. The van der Waals surface area contributed by atoms with E-state index in [1.54, 1.807) is 20.8 Å². The maximum absolute atomic E-state index is 12.0. The van der Waals surface area contributed by atoms with Gasteiger partial charge in [0.05, 0.1) is 13.0 Å². The molecule has 0 unspecified atom stereocenters. The van der Waals surface area contributed by atoms with E-state index in [4.69, 9.17) is 4.74 Å². The Labute approximate surface area is 116 Å². The van der Waals surface area contributed by atoms with Crippen molar-refractivity contribution < 1.29 is 29.0 Å². The first-order valence-corrected chi connectivity index (χ1v) is 6.47. The van der Waals surface area contributed by atoms with Crippen LogP contribution in [0.2, 0.25) is 0 Å². The summed E-state index contributed by atoms with van der Waals surface area (Å²) in [4.78, 5) is 36.1. The number of carbonyl (C=O) groups is 3. The number of hydrogen-bond acceptors (Lipinski definition) is 5. The molecular weight excluding hydrogens is 266 g/mol. The molecule has 112 valence electrons. The fourth-order valence-corrected chi connectivity index (χ4v) is 2.89. The molecule has 0 spiro atoms. The summed E-state index contributed by atoms with van der Waals surface area (Å²) in [5.74, 6) is -2.45. The number of likely N-dealkylation sites (tertiary alicyclic amines) is 1. The van der Waals surface area contributed by atoms with Crippen molar-refractivity contribution in [3.8, 4) is 0 Å². The highest BCUT2D eigenvalue weighted by molar-refractivity contribution is 5.86. The Balaban J connectivity index is 2.10. The molecule has 7 heteroatoms. The van der Waals surface area contributed by atoms with Crippen LogP contribution in [0.4, 0.5) is 4.79 Å². The van der Waals surface area contributed by atoms with Gasteiger partial charge in [-0.2, -0.15) is 0 Å². The van der Waals surface area contributed by atoms with E-state index in [0.717, 1.165) is 0 Å². The molecule has 7 nitrogen and oxygen atoms in total. The lowest BCUT2D eigenvalue weighted by atomic mass is 10.1. The third-order valence-electron chi connectivity index (χ3n) is 3.69. The van der Waals surface area contributed by atoms with Gasteiger partial charge in [-0.05, 0) is 26.7 Å². The number of carbonyl (C=O) groups excluding carboxylic acids is 2. The van der Waals surface area contributed by atoms with Crippen LogP contribution in [-0.2, 0) is 19.1 Å². The van der Waals surface area contributed by atoms with Gasteiger partial charge in [-0.3, -0.25) is 9.69 Å². The van der Waals surface area contributed by atoms with Gasteiger partial charge in [0.2, 0.25) is 0 Å². The van der Waals surface area contributed by atoms with E-state index >= 15 is 0 Å². The van der Waals surface area contributed by atoms with Gasteiger partial charge < -0.3 is 14.6 Å². The van der Waals surface area contributed by atoms with E-state index in [0.29, 0.717) is 0 Å². The van der Waals surface area contributed by atoms with Crippen molar-refractivity contribution in [2.75, 3.05) is 13.7 Å². The summed E-state index contributed by atoms with van der Waals surface area (Å²) in [6.45, 7) is 5.37. The van der Waals surface area contributed by atoms with Crippen LogP contribution in [0.1, 0.15) is 20.8 Å². The van der Waals surface area contributed by atoms with Crippen molar-refractivity contribution in [3.63, 3.8) is 0 Å². The molecule has 20 heavy (non-hydrogen) atoms. The van der Waals surface area contributed by atoms with Gasteiger partial charge in [0.1, 0.15) is 11.6 Å². The van der Waals surface area contributed by atoms with Crippen molar-refractivity contribution in [1.29, 1.82) is 0 Å². The van der Waals surface area contributed by atoms with Crippen LogP contribution in [0, 0.1) is 17.8 Å². The summed E-state index contributed by atoms with van der Waals surface area (Å²) in [5.41, 5.74) is -0.686. The summed E-state index contributed by atoms with van der Waals surface area (Å²) >= 11 is 0. The molecule has 2 fully saturated rings. The average molecular weight is 285 g/mol. The minimum Gasteiger partial charge on any atom is -0.480 e. The third kappa shape index (κ3) is 2.44. The van der Waals surface area contributed by atoms with Crippen LogP contribution in [0.5, 0.6) is 0 Å². The molecule has 1 saturated heterocycles. The first-order valence-electron chi connectivity index (χ1n) is 6.47. The van der Waals surface area contributed by atoms with E-state index in [9.17, 15) is 19.5 Å². The summed E-state index contributed by atoms with van der Waals surface area (Å²) in [6.07, 6.45) is -0.652. The molecular formula is C13H19NO6. The minimum absolute atomic E-state index is 0.143. The van der Waals surface area contributed by atoms with Crippen molar-refractivity contribution in [1.82, 2.24) is 4.90 Å². The minimum atomic E-state index is -1.12. The molecule has 2 rings (SSSR count). The van der Waals surface area contributed by atoms with Crippen molar-refractivity contribution >= 4 is 18.0 Å². The van der Waals surface area contributed by atoms with E-state index in [-0.39, 0.29) is 18.4 Å². The highest BCUT2D eigenvalue weighted by atomic mass is 16.6. The van der Waals surface area contributed by atoms with E-state index in [1.807, 2.05) is 0 Å². The molecule has 0 aromatic carbocycles. The zero-order chi connectivity index (χ0) is 15.2. The van der Waals surface area contributed by atoms with Crippen LogP contribution in [0.25, 0.3) is 0 Å². The molecule has 0 aromatic heterocycles. The Morgan fingerprint density at radius 2 is 1.85 bits per heavy atom. The highest BCUT2D eigenvalue weighted by Crippen LogP contribution is 2.56. The number of rotatable bonds is 2. The first kappa shape index (κ1) is 14.6. The summed E-state index contributed by atoms with van der Waals surface area (Å²) in [7, 11) is 1.28. The molecule has 0 radical (unpaired) electrons. The Bertz CT molecular complexity index is 454. The number of methoxy groups -OCH3 is 1. The third-order valence-corrected chi connectivity index (χ3v) is 3.69. The number of nitrogens with zero attached hydrogens (tertiary/aromatic N) is 1. The van der Waals surface area contributed by atoms with Crippen LogP contribution in [0.15, 0.2) is 0 Å². The van der Waals surface area contributed by atoms with Gasteiger partial charge in [-0.25, -0.2) is 9.59 Å². The second-order valence-electron chi connectivity index (χ2n) is 6.21. The zero-order valence-electron chi connectivity index (χ0n) is 12.0. The van der Waals surface area contributed by atoms with Crippen LogP contribution in [-0.4, -0.2) is 53.3 Å². The second-order valence-corrected chi connectivity index (χ2v) is 6.21. The molecule has 2 aliphatic rings. The molecule has 1 aliphatic heterocycles. The maximum atomic E-state index is 12.0. The Hall–Kier alpha value is -1.79. The number of esters is 1. The van der Waals surface area contributed by atoms with E-state index in [2.05, 4.69) is 4.74 Å². The van der Waals surface area contributed by atoms with Crippen LogP contribution in [0.3, 0.4) is 0 Å². The number of amides is 1. The lowest BCUT2D eigenvalue weighted by Gasteiger charge is -2.29. The van der Waals surface area contributed by atoms with Crippen LogP contribution >= 0.6 is 0 Å². The number of fused-ring (bicyclic) bond motifs is 1. The fraction of sp³-hybridized carbons (Fsp3) is 0.769. The molecule has 1 amide bonds. The average Bonchev–Trinajstić information content (AvgIpc) is 2.85. The predicted octanol–water partition coefficient (Wildman–Crippen LogP) is 0.725. The SMILES string of the molecule is COC(=O)[C@@H]1[C@H]2CN(C(=O)OC(C)(C)C)[C@H](C(=O)O)[C@H]21. The van der Waals surface area contributed by atoms with Gasteiger partial charge >= 0.3 is 18.0 Å². The van der Waals surface area contributed by atoms with E-state index in [1.165, 1.54) is 12.0 Å². The van der Waals surface area contributed by atoms with Crippen molar-refractivity contribution in [3.05, 3.63) is 0 Å². The number of hydrogen-bond donors (Lipinski definition) is 1. The zero-order valence-corrected chi connectivity index (χ0v) is 12.0. The van der Waals surface area contributed by atoms with Gasteiger partial charge in [0.15, 0.2) is 0 Å².